The zero-order chi connectivity index (χ0) is 13.9. The summed E-state index contributed by atoms with van der Waals surface area (Å²) in [6, 6.07) is 3.65. The van der Waals surface area contributed by atoms with Crippen LogP contribution in [0.2, 0.25) is 5.28 Å². The molecule has 0 unspecified atom stereocenters. The summed E-state index contributed by atoms with van der Waals surface area (Å²) in [4.78, 5) is 8.18. The van der Waals surface area contributed by atoms with Gasteiger partial charge >= 0.3 is 0 Å². The second kappa shape index (κ2) is 5.43. The van der Waals surface area contributed by atoms with Crippen LogP contribution < -0.4 is 5.32 Å². The Bertz CT molecular complexity index is 711. The Morgan fingerprint density at radius 3 is 3.05 bits per heavy atom. The summed E-state index contributed by atoms with van der Waals surface area (Å²) in [6.45, 7) is 0.680. The molecule has 8 nitrogen and oxygen atoms in total. The molecule has 104 valence electrons. The van der Waals surface area contributed by atoms with E-state index in [2.05, 4.69) is 25.6 Å². The van der Waals surface area contributed by atoms with Crippen molar-refractivity contribution >= 4 is 28.6 Å². The van der Waals surface area contributed by atoms with Gasteiger partial charge in [0.15, 0.2) is 17.0 Å². The zero-order valence-corrected chi connectivity index (χ0v) is 11.1. The molecule has 0 aliphatic carbocycles. The third-order valence-electron chi connectivity index (χ3n) is 2.66. The number of fused-ring (bicyclic) bond motifs is 1. The maximum Gasteiger partial charge on any atom is 0.226 e. The molecule has 0 aromatic carbocycles. The van der Waals surface area contributed by atoms with Crippen LogP contribution in [-0.2, 0) is 13.1 Å². The summed E-state index contributed by atoms with van der Waals surface area (Å²) < 4.78 is 6.70. The van der Waals surface area contributed by atoms with E-state index in [-0.39, 0.29) is 11.9 Å². The molecule has 0 aliphatic rings. The minimum absolute atomic E-state index is 0.0603. The van der Waals surface area contributed by atoms with Crippen molar-refractivity contribution in [2.45, 2.75) is 13.1 Å². The molecule has 0 bridgehead atoms. The summed E-state index contributed by atoms with van der Waals surface area (Å²) in [5.41, 5.74) is 0.968. The molecular weight excluding hydrogens is 284 g/mol. The number of nitrogens with zero attached hydrogens (tertiary/aromatic N) is 5. The predicted molar refractivity (Wildman–Crippen MR) is 71.2 cm³/mol. The molecule has 0 saturated heterocycles. The van der Waals surface area contributed by atoms with Crippen molar-refractivity contribution in [1.29, 1.82) is 0 Å². The largest absolute Gasteiger partial charge is 0.467 e. The second-order valence-corrected chi connectivity index (χ2v) is 4.32. The lowest BCUT2D eigenvalue weighted by atomic mass is 10.4. The molecule has 20 heavy (non-hydrogen) atoms. The monoisotopic (exact) mass is 294 g/mol. The lowest BCUT2D eigenvalue weighted by Crippen LogP contribution is -2.06. The normalized spacial score (nSPS) is 11.1. The van der Waals surface area contributed by atoms with Crippen LogP contribution in [0.5, 0.6) is 0 Å². The molecule has 3 rings (SSSR count). The highest BCUT2D eigenvalue weighted by Gasteiger charge is 2.13. The second-order valence-electron chi connectivity index (χ2n) is 3.98. The highest BCUT2D eigenvalue weighted by atomic mass is 35.5. The Balaban J connectivity index is 1.93. The van der Waals surface area contributed by atoms with E-state index in [4.69, 9.17) is 21.1 Å². The van der Waals surface area contributed by atoms with Crippen LogP contribution >= 0.6 is 11.6 Å². The molecule has 0 radical (unpaired) electrons. The lowest BCUT2D eigenvalue weighted by Gasteiger charge is -2.04. The topological polar surface area (TPSA) is 102 Å². The number of aliphatic hydroxyl groups excluding tert-OH is 1. The first-order chi connectivity index (χ1) is 9.78. The van der Waals surface area contributed by atoms with Crippen molar-refractivity contribution in [3.8, 4) is 0 Å². The van der Waals surface area contributed by atoms with Crippen LogP contribution in [0.15, 0.2) is 22.8 Å². The fraction of sp³-hybridized carbons (Fsp3) is 0.273. The number of anilines is 1. The first kappa shape index (κ1) is 12.8. The smallest absolute Gasteiger partial charge is 0.226 e. The number of aromatic nitrogens is 5. The van der Waals surface area contributed by atoms with E-state index in [1.54, 1.807) is 12.3 Å². The third kappa shape index (κ3) is 2.43. The molecule has 3 heterocycles. The van der Waals surface area contributed by atoms with Gasteiger partial charge in [-0.2, -0.15) is 9.97 Å². The van der Waals surface area contributed by atoms with Gasteiger partial charge in [0.25, 0.3) is 0 Å². The minimum atomic E-state index is -0.0603. The molecule has 0 amide bonds. The standard InChI is InChI=1S/C11H11ClN6O2/c12-11-14-9(13-6-7-2-1-5-20-7)8-10(15-11)18(3-4-19)17-16-8/h1-2,5,19H,3-4,6H2,(H,13,14,15). The van der Waals surface area contributed by atoms with E-state index in [1.807, 2.05) is 6.07 Å². The number of aliphatic hydroxyl groups is 1. The Morgan fingerprint density at radius 1 is 1.40 bits per heavy atom. The highest BCUT2D eigenvalue weighted by Crippen LogP contribution is 2.20. The van der Waals surface area contributed by atoms with Crippen LogP contribution in [0.1, 0.15) is 5.76 Å². The van der Waals surface area contributed by atoms with Gasteiger partial charge < -0.3 is 14.8 Å². The van der Waals surface area contributed by atoms with Crippen molar-refractivity contribution in [1.82, 2.24) is 25.0 Å². The van der Waals surface area contributed by atoms with Gasteiger partial charge in [-0.3, -0.25) is 0 Å². The summed E-state index contributed by atoms with van der Waals surface area (Å²) in [5, 5.41) is 20.1. The highest BCUT2D eigenvalue weighted by molar-refractivity contribution is 6.28. The molecule has 0 aliphatic heterocycles. The van der Waals surface area contributed by atoms with Crippen molar-refractivity contribution in [3.63, 3.8) is 0 Å². The van der Waals surface area contributed by atoms with Gasteiger partial charge in [0.2, 0.25) is 5.28 Å². The van der Waals surface area contributed by atoms with Gasteiger partial charge in [-0.05, 0) is 23.7 Å². The zero-order valence-electron chi connectivity index (χ0n) is 10.3. The number of hydrogen-bond donors (Lipinski definition) is 2. The van der Waals surface area contributed by atoms with Crippen LogP contribution in [0, 0.1) is 0 Å². The Morgan fingerprint density at radius 2 is 2.30 bits per heavy atom. The molecule has 9 heteroatoms. The van der Waals surface area contributed by atoms with E-state index < -0.39 is 0 Å². The number of furan rings is 1. The number of rotatable bonds is 5. The van der Waals surface area contributed by atoms with Crippen molar-refractivity contribution in [2.75, 3.05) is 11.9 Å². The quantitative estimate of drug-likeness (QED) is 0.679. The molecule has 0 saturated carbocycles. The van der Waals surface area contributed by atoms with E-state index in [0.717, 1.165) is 5.76 Å². The predicted octanol–water partition coefficient (Wildman–Crippen LogP) is 1.07. The summed E-state index contributed by atoms with van der Waals surface area (Å²) in [5.74, 6) is 1.23. The molecular formula is C11H11ClN6O2. The van der Waals surface area contributed by atoms with Crippen LogP contribution in [0.25, 0.3) is 11.2 Å². The first-order valence-corrected chi connectivity index (χ1v) is 6.29. The number of nitrogens with one attached hydrogen (secondary N) is 1. The summed E-state index contributed by atoms with van der Waals surface area (Å²) >= 11 is 5.90. The molecule has 3 aromatic heterocycles. The van der Waals surface area contributed by atoms with Gasteiger partial charge in [0.05, 0.1) is 26.0 Å². The molecule has 2 N–H and O–H groups in total. The molecule has 0 atom stereocenters. The van der Waals surface area contributed by atoms with E-state index in [9.17, 15) is 0 Å². The van der Waals surface area contributed by atoms with Crippen molar-refractivity contribution < 1.29 is 9.52 Å². The fourth-order valence-corrected chi connectivity index (χ4v) is 1.95. The van der Waals surface area contributed by atoms with Gasteiger partial charge in [0, 0.05) is 0 Å². The van der Waals surface area contributed by atoms with Crippen LogP contribution in [0.3, 0.4) is 0 Å². The third-order valence-corrected chi connectivity index (χ3v) is 2.83. The Kier molecular flexibility index (Phi) is 3.48. The maximum absolute atomic E-state index is 8.97. The van der Waals surface area contributed by atoms with E-state index in [0.29, 0.717) is 30.1 Å². The average molecular weight is 295 g/mol. The Labute approximate surface area is 118 Å². The van der Waals surface area contributed by atoms with Crippen molar-refractivity contribution in [2.24, 2.45) is 0 Å². The van der Waals surface area contributed by atoms with Crippen LogP contribution in [0.4, 0.5) is 5.82 Å². The van der Waals surface area contributed by atoms with Crippen LogP contribution in [-0.4, -0.2) is 36.7 Å². The number of halogens is 1. The Hall–Kier alpha value is -2.19. The van der Waals surface area contributed by atoms with Gasteiger partial charge in [0.1, 0.15) is 5.76 Å². The van der Waals surface area contributed by atoms with Gasteiger partial charge in [-0.15, -0.1) is 5.10 Å². The lowest BCUT2D eigenvalue weighted by molar-refractivity contribution is 0.270. The average Bonchev–Trinajstić information content (AvgIpc) is 3.07. The van der Waals surface area contributed by atoms with Gasteiger partial charge in [-0.25, -0.2) is 4.68 Å². The summed E-state index contributed by atoms with van der Waals surface area (Å²) in [6.07, 6.45) is 1.59. The molecule has 0 spiro atoms. The fourth-order valence-electron chi connectivity index (χ4n) is 1.78. The minimum Gasteiger partial charge on any atom is -0.467 e. The van der Waals surface area contributed by atoms with Gasteiger partial charge in [-0.1, -0.05) is 5.21 Å². The van der Waals surface area contributed by atoms with Crippen molar-refractivity contribution in [3.05, 3.63) is 29.4 Å². The van der Waals surface area contributed by atoms with E-state index in [1.165, 1.54) is 4.68 Å². The van der Waals surface area contributed by atoms with E-state index >= 15 is 0 Å². The summed E-state index contributed by atoms with van der Waals surface area (Å²) in [7, 11) is 0. The SMILES string of the molecule is OCCn1nnc2c(NCc3ccco3)nc(Cl)nc21. The first-order valence-electron chi connectivity index (χ1n) is 5.92. The number of hydrogen-bond acceptors (Lipinski definition) is 7. The molecule has 3 aromatic rings. The maximum atomic E-state index is 8.97. The molecule has 0 fully saturated rings.